The van der Waals surface area contributed by atoms with Crippen molar-refractivity contribution >= 4 is 44.1 Å². The molecule has 0 aromatic carbocycles. The van der Waals surface area contributed by atoms with Gasteiger partial charge in [0.1, 0.15) is 13.5 Å². The summed E-state index contributed by atoms with van der Waals surface area (Å²) in [6, 6.07) is -1.57. The molecule has 0 heterocycles. The molecule has 0 unspecified atom stereocenters. The molecule has 0 spiro atoms. The molecule has 0 bridgehead atoms. The molecule has 0 aromatic rings. The quantitative estimate of drug-likeness (QED) is 0.0394. The number of carbonyl (C=O) groups is 4. The first-order valence-corrected chi connectivity index (χ1v) is 16.7. The molecular formula is C25H52N6O14S2-2. The maximum absolute atomic E-state index is 12.8. The Balaban J connectivity index is -0.00000968. The molecule has 6 N–H and O–H groups in total. The number of hydrogen-bond donors (Lipinski definition) is 6. The number of nitrogens with zero attached hydrogens (tertiary/aromatic N) is 2. The zero-order valence-electron chi connectivity index (χ0n) is 25.7. The molecule has 0 saturated carbocycles. The summed E-state index contributed by atoms with van der Waals surface area (Å²) >= 11 is 0. The Hall–Kier alpha value is -2.86. The number of amides is 6. The number of carbonyl (C=O) groups excluding carboxylic acids is 4. The van der Waals surface area contributed by atoms with Crippen LogP contribution < -0.4 is 21.3 Å². The van der Waals surface area contributed by atoms with Gasteiger partial charge in [0.25, 0.3) is 0 Å². The second-order valence-corrected chi connectivity index (χ2v) is 13.8. The highest BCUT2D eigenvalue weighted by Crippen LogP contribution is 2.08. The van der Waals surface area contributed by atoms with Crippen LogP contribution in [0.15, 0.2) is 0 Å². The molecule has 6 amide bonds. The summed E-state index contributed by atoms with van der Waals surface area (Å²) in [5.41, 5.74) is -2.74. The van der Waals surface area contributed by atoms with Crippen LogP contribution in [0.4, 0.5) is 9.59 Å². The average molecular weight is 725 g/mol. The minimum absolute atomic E-state index is 0. The maximum atomic E-state index is 12.8. The van der Waals surface area contributed by atoms with E-state index in [9.17, 15) is 45.1 Å². The molecule has 0 saturated heterocycles. The largest absolute Gasteiger partial charge is 0.748 e. The lowest BCUT2D eigenvalue weighted by Crippen LogP contribution is -2.52. The van der Waals surface area contributed by atoms with Crippen LogP contribution in [0.5, 0.6) is 0 Å². The van der Waals surface area contributed by atoms with Crippen molar-refractivity contribution in [3.05, 3.63) is 0 Å². The van der Waals surface area contributed by atoms with E-state index in [1.807, 2.05) is 0 Å². The van der Waals surface area contributed by atoms with Gasteiger partial charge in [0.05, 0.1) is 58.2 Å². The van der Waals surface area contributed by atoms with E-state index in [0.717, 1.165) is 9.80 Å². The van der Waals surface area contributed by atoms with Crippen molar-refractivity contribution < 1.29 is 64.8 Å². The van der Waals surface area contributed by atoms with Crippen molar-refractivity contribution in [1.29, 1.82) is 0 Å². The van der Waals surface area contributed by atoms with Gasteiger partial charge in [0.15, 0.2) is 0 Å². The van der Waals surface area contributed by atoms with E-state index in [4.69, 9.17) is 19.7 Å². The van der Waals surface area contributed by atoms with E-state index in [1.54, 1.807) is 0 Å². The van der Waals surface area contributed by atoms with Gasteiger partial charge in [-0.2, -0.15) is 0 Å². The third-order valence-corrected chi connectivity index (χ3v) is 7.53. The van der Waals surface area contributed by atoms with E-state index in [-0.39, 0.29) is 67.1 Å². The van der Waals surface area contributed by atoms with Gasteiger partial charge in [-0.05, 0) is 27.7 Å². The Morgan fingerprint density at radius 2 is 1.13 bits per heavy atom. The predicted molar refractivity (Wildman–Crippen MR) is 167 cm³/mol. The minimum atomic E-state index is -4.63. The van der Waals surface area contributed by atoms with Crippen molar-refractivity contribution in [2.24, 2.45) is 0 Å². The van der Waals surface area contributed by atoms with Gasteiger partial charge in [-0.1, -0.05) is 14.9 Å². The molecule has 0 atom stereocenters. The number of nitrogens with one attached hydrogen (secondary N) is 4. The van der Waals surface area contributed by atoms with Crippen LogP contribution in [0, 0.1) is 0 Å². The van der Waals surface area contributed by atoms with Crippen molar-refractivity contribution in [1.82, 2.24) is 31.1 Å². The van der Waals surface area contributed by atoms with Gasteiger partial charge in [0, 0.05) is 43.6 Å². The molecule has 20 nitrogen and oxygen atoms in total. The zero-order valence-corrected chi connectivity index (χ0v) is 27.3. The van der Waals surface area contributed by atoms with E-state index in [0.29, 0.717) is 0 Å². The van der Waals surface area contributed by atoms with E-state index in [2.05, 4.69) is 21.3 Å². The molecule has 280 valence electrons. The first kappa shape index (κ1) is 48.5. The van der Waals surface area contributed by atoms with Crippen LogP contribution in [0.3, 0.4) is 0 Å². The Bertz CT molecular complexity index is 1180. The summed E-state index contributed by atoms with van der Waals surface area (Å²) in [5.74, 6) is -3.03. The summed E-state index contributed by atoms with van der Waals surface area (Å²) in [7, 11) is -9.25. The Labute approximate surface area is 277 Å². The molecule has 0 aliphatic heterocycles. The van der Waals surface area contributed by atoms with Gasteiger partial charge in [-0.3, -0.25) is 9.59 Å². The van der Waals surface area contributed by atoms with Crippen LogP contribution in [-0.2, 0) is 39.3 Å². The second kappa shape index (κ2) is 22.7. The molecule has 0 rings (SSSR count). The lowest BCUT2D eigenvalue weighted by Gasteiger charge is -2.29. The third kappa shape index (κ3) is 25.9. The molecule has 22 heteroatoms. The summed E-state index contributed by atoms with van der Waals surface area (Å²) < 4.78 is 76.2. The average Bonchev–Trinajstić information content (AvgIpc) is 2.84. The number of rotatable bonds is 22. The standard InChI is InChI=1S/C23H46N6O14S2.2CH4/c1-22(2,13-44(36,37)38)26-18(32)5-7-28(9-11-42-12-10-30)20(34)24-15-25-21(35)29(16-43-17-31)8-6-19(33)27-23(3,4)14-45(39,40)41;;/h30-31H,5-17H2,1-4H3,(H,24,34)(H,25,35)(H,26,32)(H,27,33)(H,36,37,38)(H,39,40,41);2*1H4/p-2. The number of aliphatic hydroxyl groups is 2. The molecule has 0 fully saturated rings. The van der Waals surface area contributed by atoms with Crippen molar-refractivity contribution in [2.75, 3.05) is 71.2 Å². The van der Waals surface area contributed by atoms with Gasteiger partial charge in [-0.25, -0.2) is 26.4 Å². The van der Waals surface area contributed by atoms with Crippen LogP contribution in [0.1, 0.15) is 55.4 Å². The fourth-order valence-corrected chi connectivity index (χ4v) is 5.67. The number of ether oxygens (including phenoxy) is 2. The smallest absolute Gasteiger partial charge is 0.320 e. The lowest BCUT2D eigenvalue weighted by molar-refractivity contribution is -0.123. The molecular weight excluding hydrogens is 672 g/mol. The van der Waals surface area contributed by atoms with Crippen LogP contribution in [0.2, 0.25) is 0 Å². The summed E-state index contributed by atoms with van der Waals surface area (Å²) in [6.45, 7) is 2.92. The van der Waals surface area contributed by atoms with Crippen molar-refractivity contribution in [2.45, 2.75) is 66.5 Å². The molecule has 47 heavy (non-hydrogen) atoms. The highest BCUT2D eigenvalue weighted by molar-refractivity contribution is 7.86. The molecule has 0 aliphatic rings. The number of aliphatic hydroxyl groups excluding tert-OH is 2. The van der Waals surface area contributed by atoms with Gasteiger partial charge in [-0.15, -0.1) is 0 Å². The van der Waals surface area contributed by atoms with Crippen LogP contribution in [-0.4, -0.2) is 152 Å². The van der Waals surface area contributed by atoms with E-state index >= 15 is 0 Å². The number of urea groups is 2. The molecule has 0 aliphatic carbocycles. The van der Waals surface area contributed by atoms with Crippen LogP contribution in [0.25, 0.3) is 0 Å². The fourth-order valence-electron chi connectivity index (χ4n) is 3.76. The first-order chi connectivity index (χ1) is 20.6. The van der Waals surface area contributed by atoms with Gasteiger partial charge >= 0.3 is 12.1 Å². The zero-order chi connectivity index (χ0) is 34.9. The SMILES string of the molecule is C.C.CC(C)(CS(=O)(=O)[O-])NC(=O)CCN(CCOCCO)C(=O)NCNC(=O)N(CCC(=O)NC(C)(C)CS(=O)(=O)[O-])COCO. The number of hydrogen-bond acceptors (Lipinski definition) is 14. The van der Waals surface area contributed by atoms with Gasteiger partial charge in [0.2, 0.25) is 11.8 Å². The maximum Gasteiger partial charge on any atom is 0.320 e. The monoisotopic (exact) mass is 724 g/mol. The van der Waals surface area contributed by atoms with E-state index < -0.39 is 86.9 Å². The normalized spacial score (nSPS) is 11.7. The van der Waals surface area contributed by atoms with Crippen molar-refractivity contribution in [3.8, 4) is 0 Å². The Kier molecular flexibility index (Phi) is 23.4. The van der Waals surface area contributed by atoms with Gasteiger partial charge < -0.3 is 59.9 Å². The fraction of sp³-hybridized carbons (Fsp3) is 0.840. The van der Waals surface area contributed by atoms with Crippen molar-refractivity contribution in [3.63, 3.8) is 0 Å². The third-order valence-electron chi connectivity index (χ3n) is 5.38. The Morgan fingerprint density at radius 1 is 0.702 bits per heavy atom. The van der Waals surface area contributed by atoms with Crippen LogP contribution >= 0.6 is 0 Å². The highest BCUT2D eigenvalue weighted by Gasteiger charge is 2.26. The summed E-state index contributed by atoms with van der Waals surface area (Å²) in [6.07, 6.45) is -0.619. The highest BCUT2D eigenvalue weighted by atomic mass is 32.2. The lowest BCUT2D eigenvalue weighted by atomic mass is 10.1. The Morgan fingerprint density at radius 3 is 1.53 bits per heavy atom. The topological polar surface area (TPSA) is 296 Å². The molecule has 0 aromatic heterocycles. The van der Waals surface area contributed by atoms with E-state index in [1.165, 1.54) is 27.7 Å². The predicted octanol–water partition coefficient (Wildman–Crippen LogP) is -2.17. The minimum Gasteiger partial charge on any atom is -0.748 e. The first-order valence-electron chi connectivity index (χ1n) is 13.5. The molecule has 0 radical (unpaired) electrons. The summed E-state index contributed by atoms with van der Waals surface area (Å²) in [4.78, 5) is 52.2. The summed E-state index contributed by atoms with van der Waals surface area (Å²) in [5, 5.41) is 27.4. The second-order valence-electron chi connectivity index (χ2n) is 11.0.